The van der Waals surface area contributed by atoms with Crippen molar-refractivity contribution >= 4 is 5.91 Å². The predicted molar refractivity (Wildman–Crippen MR) is 69.9 cm³/mol. The lowest BCUT2D eigenvalue weighted by Gasteiger charge is -2.37. The van der Waals surface area contributed by atoms with Gasteiger partial charge in [0.05, 0.1) is 11.7 Å². The van der Waals surface area contributed by atoms with E-state index in [4.69, 9.17) is 0 Å². The number of rotatable bonds is 2. The lowest BCUT2D eigenvalue weighted by atomic mass is 9.95. The van der Waals surface area contributed by atoms with E-state index in [0.29, 0.717) is 0 Å². The minimum atomic E-state index is 0.0488. The van der Waals surface area contributed by atoms with E-state index in [1.807, 2.05) is 31.9 Å². The molecule has 1 aromatic rings. The highest BCUT2D eigenvalue weighted by molar-refractivity contribution is 5.78. The van der Waals surface area contributed by atoms with E-state index >= 15 is 0 Å². The Labute approximate surface area is 108 Å². The van der Waals surface area contributed by atoms with E-state index in [-0.39, 0.29) is 17.9 Å². The average Bonchev–Trinajstić information content (AvgIpc) is 2.38. The molecule has 1 aliphatic rings. The van der Waals surface area contributed by atoms with Crippen molar-refractivity contribution < 1.29 is 4.79 Å². The van der Waals surface area contributed by atoms with Gasteiger partial charge in [-0.15, -0.1) is 0 Å². The minimum Gasteiger partial charge on any atom is -0.334 e. The highest BCUT2D eigenvalue weighted by Gasteiger charge is 2.30. The first-order chi connectivity index (χ1) is 8.61. The number of hydrogen-bond donors (Lipinski definition) is 0. The summed E-state index contributed by atoms with van der Waals surface area (Å²) >= 11 is 0. The summed E-state index contributed by atoms with van der Waals surface area (Å²) in [5, 5.41) is 0. The summed E-state index contributed by atoms with van der Waals surface area (Å²) in [6.45, 7) is 6.79. The first kappa shape index (κ1) is 13.0. The van der Waals surface area contributed by atoms with E-state index < -0.39 is 0 Å². The molecule has 1 atom stereocenters. The smallest absolute Gasteiger partial charge is 0.225 e. The lowest BCUT2D eigenvalue weighted by Crippen LogP contribution is -2.41. The predicted octanol–water partition coefficient (Wildman–Crippen LogP) is 2.49. The molecule has 1 saturated heterocycles. The van der Waals surface area contributed by atoms with Crippen molar-refractivity contribution in [2.24, 2.45) is 5.92 Å². The van der Waals surface area contributed by atoms with Crippen LogP contribution in [0, 0.1) is 12.8 Å². The number of nitrogens with zero attached hydrogens (tertiary/aromatic N) is 3. The Hall–Kier alpha value is -1.45. The number of aryl methyl sites for hydroxylation is 1. The van der Waals surface area contributed by atoms with Gasteiger partial charge in [-0.2, -0.15) is 0 Å². The Balaban J connectivity index is 2.29. The lowest BCUT2D eigenvalue weighted by molar-refractivity contribution is -0.138. The number of aromatic nitrogens is 2. The Morgan fingerprint density at radius 2 is 2.22 bits per heavy atom. The molecular weight excluding hydrogens is 226 g/mol. The molecule has 4 heteroatoms. The molecule has 4 nitrogen and oxygen atoms in total. The van der Waals surface area contributed by atoms with Crippen LogP contribution in [0.5, 0.6) is 0 Å². The van der Waals surface area contributed by atoms with E-state index in [9.17, 15) is 4.79 Å². The van der Waals surface area contributed by atoms with Gasteiger partial charge in [-0.05, 0) is 31.7 Å². The van der Waals surface area contributed by atoms with Gasteiger partial charge in [0.15, 0.2) is 0 Å². The van der Waals surface area contributed by atoms with E-state index in [1.165, 1.54) is 0 Å². The normalized spacial score (nSPS) is 20.2. The molecule has 98 valence electrons. The van der Waals surface area contributed by atoms with Crippen molar-refractivity contribution in [3.63, 3.8) is 0 Å². The van der Waals surface area contributed by atoms with Crippen molar-refractivity contribution in [1.82, 2.24) is 14.9 Å². The first-order valence-corrected chi connectivity index (χ1v) is 6.68. The Morgan fingerprint density at radius 1 is 1.44 bits per heavy atom. The third-order valence-electron chi connectivity index (χ3n) is 3.53. The quantitative estimate of drug-likeness (QED) is 0.806. The summed E-state index contributed by atoms with van der Waals surface area (Å²) < 4.78 is 0. The second-order valence-corrected chi connectivity index (χ2v) is 5.29. The third kappa shape index (κ3) is 2.52. The van der Waals surface area contributed by atoms with Gasteiger partial charge in [0.2, 0.25) is 5.91 Å². The summed E-state index contributed by atoms with van der Waals surface area (Å²) in [5.41, 5.74) is 2.09. The molecule has 0 radical (unpaired) electrons. The number of carbonyl (C=O) groups is 1. The van der Waals surface area contributed by atoms with Crippen LogP contribution in [-0.2, 0) is 4.79 Å². The van der Waals surface area contributed by atoms with Gasteiger partial charge in [-0.3, -0.25) is 4.79 Å². The van der Waals surface area contributed by atoms with Crippen LogP contribution in [0.4, 0.5) is 0 Å². The molecule has 2 heterocycles. The molecule has 0 N–H and O–H groups in total. The topological polar surface area (TPSA) is 46.1 Å². The summed E-state index contributed by atoms with van der Waals surface area (Å²) in [5.74, 6) is 0.283. The van der Waals surface area contributed by atoms with Crippen LogP contribution in [0.1, 0.15) is 50.4 Å². The molecule has 0 aliphatic carbocycles. The highest BCUT2D eigenvalue weighted by Crippen LogP contribution is 2.32. The van der Waals surface area contributed by atoms with Gasteiger partial charge in [0.25, 0.3) is 0 Å². The zero-order chi connectivity index (χ0) is 13.1. The summed E-state index contributed by atoms with van der Waals surface area (Å²) in [6, 6.07) is 0.136. The van der Waals surface area contributed by atoms with Gasteiger partial charge in [-0.1, -0.05) is 13.8 Å². The second kappa shape index (κ2) is 5.46. The molecule has 1 unspecified atom stereocenters. The SMILES string of the molecule is Cc1cncnc1C1CCCCN1C(=O)C(C)C. The van der Waals surface area contributed by atoms with Gasteiger partial charge >= 0.3 is 0 Å². The summed E-state index contributed by atoms with van der Waals surface area (Å²) in [4.78, 5) is 22.7. The summed E-state index contributed by atoms with van der Waals surface area (Å²) in [6.07, 6.45) is 6.68. The van der Waals surface area contributed by atoms with E-state index in [2.05, 4.69) is 9.97 Å². The zero-order valence-corrected chi connectivity index (χ0v) is 11.4. The number of hydrogen-bond acceptors (Lipinski definition) is 3. The van der Waals surface area contributed by atoms with Crippen molar-refractivity contribution in [1.29, 1.82) is 0 Å². The molecule has 0 saturated carbocycles. The molecule has 18 heavy (non-hydrogen) atoms. The Bertz CT molecular complexity index is 431. The van der Waals surface area contributed by atoms with E-state index in [0.717, 1.165) is 37.1 Å². The molecule has 1 amide bonds. The fraction of sp³-hybridized carbons (Fsp3) is 0.643. The fourth-order valence-corrected chi connectivity index (χ4v) is 2.57. The molecule has 0 bridgehead atoms. The van der Waals surface area contributed by atoms with Crippen LogP contribution in [0.2, 0.25) is 0 Å². The Kier molecular flexibility index (Phi) is 3.94. The van der Waals surface area contributed by atoms with Crippen LogP contribution < -0.4 is 0 Å². The van der Waals surface area contributed by atoms with Crippen LogP contribution in [-0.4, -0.2) is 27.3 Å². The highest BCUT2D eigenvalue weighted by atomic mass is 16.2. The van der Waals surface area contributed by atoms with Crippen molar-refractivity contribution in [3.8, 4) is 0 Å². The zero-order valence-electron chi connectivity index (χ0n) is 11.4. The van der Waals surface area contributed by atoms with E-state index in [1.54, 1.807) is 6.33 Å². The largest absolute Gasteiger partial charge is 0.334 e. The Morgan fingerprint density at radius 3 is 2.89 bits per heavy atom. The standard InChI is InChI=1S/C14H21N3O/c1-10(2)14(18)17-7-5-4-6-12(17)13-11(3)8-15-9-16-13/h8-10,12H,4-7H2,1-3H3. The molecule has 2 rings (SSSR count). The number of likely N-dealkylation sites (tertiary alicyclic amines) is 1. The van der Waals surface area contributed by atoms with Crippen LogP contribution in [0.3, 0.4) is 0 Å². The van der Waals surface area contributed by atoms with Crippen LogP contribution >= 0.6 is 0 Å². The molecule has 0 spiro atoms. The van der Waals surface area contributed by atoms with Gasteiger partial charge in [-0.25, -0.2) is 9.97 Å². The van der Waals surface area contributed by atoms with Gasteiger partial charge in [0.1, 0.15) is 6.33 Å². The molecule has 1 aliphatic heterocycles. The first-order valence-electron chi connectivity index (χ1n) is 6.68. The van der Waals surface area contributed by atoms with Crippen LogP contribution in [0.25, 0.3) is 0 Å². The van der Waals surface area contributed by atoms with Crippen molar-refractivity contribution in [3.05, 3.63) is 23.8 Å². The third-order valence-corrected chi connectivity index (χ3v) is 3.53. The fourth-order valence-electron chi connectivity index (χ4n) is 2.57. The number of carbonyl (C=O) groups excluding carboxylic acids is 1. The van der Waals surface area contributed by atoms with Crippen LogP contribution in [0.15, 0.2) is 12.5 Å². The van der Waals surface area contributed by atoms with Crippen molar-refractivity contribution in [2.45, 2.75) is 46.1 Å². The maximum Gasteiger partial charge on any atom is 0.225 e. The molecule has 1 fully saturated rings. The second-order valence-electron chi connectivity index (χ2n) is 5.29. The van der Waals surface area contributed by atoms with Gasteiger partial charge < -0.3 is 4.90 Å². The van der Waals surface area contributed by atoms with Crippen molar-refractivity contribution in [2.75, 3.05) is 6.54 Å². The maximum atomic E-state index is 12.3. The number of amides is 1. The molecular formula is C14H21N3O. The summed E-state index contributed by atoms with van der Waals surface area (Å²) in [7, 11) is 0. The maximum absolute atomic E-state index is 12.3. The monoisotopic (exact) mass is 247 g/mol. The van der Waals surface area contributed by atoms with Gasteiger partial charge in [0, 0.05) is 18.7 Å². The molecule has 1 aromatic heterocycles. The number of piperidine rings is 1. The minimum absolute atomic E-state index is 0.0488. The average molecular weight is 247 g/mol. The molecule has 0 aromatic carbocycles.